The van der Waals surface area contributed by atoms with Crippen molar-refractivity contribution in [3.63, 3.8) is 0 Å². The first-order valence-corrected chi connectivity index (χ1v) is 8.45. The van der Waals surface area contributed by atoms with Crippen LogP contribution in [0.2, 0.25) is 0 Å². The Morgan fingerprint density at radius 3 is 2.30 bits per heavy atom. The molecule has 1 aromatic rings. The Kier molecular flexibility index (Phi) is 5.07. The molecule has 2 rings (SSSR count). The van der Waals surface area contributed by atoms with Gasteiger partial charge in [0.1, 0.15) is 5.75 Å². The molecule has 1 unspecified atom stereocenters. The molecule has 1 radical (unpaired) electrons. The Morgan fingerprint density at radius 2 is 1.74 bits per heavy atom. The first-order valence-electron chi connectivity index (χ1n) is 8.45. The first kappa shape index (κ1) is 17.8. The third-order valence-corrected chi connectivity index (χ3v) is 4.70. The van der Waals surface area contributed by atoms with Crippen LogP contribution in [0, 0.1) is 38.0 Å². The second kappa shape index (κ2) is 6.54. The van der Waals surface area contributed by atoms with Gasteiger partial charge >= 0.3 is 6.09 Å². The number of rotatable bonds is 3. The summed E-state index contributed by atoms with van der Waals surface area (Å²) in [4.78, 5) is 12.2. The van der Waals surface area contributed by atoms with Gasteiger partial charge in [0.05, 0.1) is 0 Å². The molecule has 1 aliphatic rings. The second-order valence-corrected chi connectivity index (χ2v) is 8.32. The maximum atomic E-state index is 12.2. The summed E-state index contributed by atoms with van der Waals surface area (Å²) >= 11 is 0. The highest BCUT2D eigenvalue weighted by Gasteiger charge is 2.36. The van der Waals surface area contributed by atoms with Gasteiger partial charge < -0.3 is 10.1 Å². The van der Waals surface area contributed by atoms with Gasteiger partial charge in [-0.3, -0.25) is 0 Å². The summed E-state index contributed by atoms with van der Waals surface area (Å²) in [5.41, 5.74) is 3.59. The molecular formula is C20H30NO2. The zero-order valence-corrected chi connectivity index (χ0v) is 15.4. The largest absolute Gasteiger partial charge is 0.412 e. The molecule has 3 heteroatoms. The number of hydrogen-bond acceptors (Lipinski definition) is 2. The summed E-state index contributed by atoms with van der Waals surface area (Å²) in [6, 6.07) is 4.07. The van der Waals surface area contributed by atoms with Crippen molar-refractivity contribution >= 4 is 6.09 Å². The first-order chi connectivity index (χ1) is 10.6. The van der Waals surface area contributed by atoms with Crippen LogP contribution in [0.15, 0.2) is 12.1 Å². The van der Waals surface area contributed by atoms with Gasteiger partial charge in [0.25, 0.3) is 0 Å². The number of amides is 1. The van der Waals surface area contributed by atoms with Crippen molar-refractivity contribution < 1.29 is 9.53 Å². The van der Waals surface area contributed by atoms with Gasteiger partial charge in [0, 0.05) is 6.54 Å². The zero-order valence-electron chi connectivity index (χ0n) is 15.4. The van der Waals surface area contributed by atoms with Crippen LogP contribution in [0.25, 0.3) is 0 Å². The van der Waals surface area contributed by atoms with E-state index >= 15 is 0 Å². The van der Waals surface area contributed by atoms with Crippen LogP contribution in [0.4, 0.5) is 4.79 Å². The maximum absolute atomic E-state index is 12.2. The molecule has 23 heavy (non-hydrogen) atoms. The molecule has 0 saturated heterocycles. The Bertz CT molecular complexity index is 568. The molecule has 0 bridgehead atoms. The fourth-order valence-electron chi connectivity index (χ4n) is 3.99. The minimum absolute atomic E-state index is 0.109. The van der Waals surface area contributed by atoms with Gasteiger partial charge in [0.2, 0.25) is 0 Å². The fourth-order valence-corrected chi connectivity index (χ4v) is 3.99. The topological polar surface area (TPSA) is 38.3 Å². The molecule has 3 nitrogen and oxygen atoms in total. The summed E-state index contributed by atoms with van der Waals surface area (Å²) in [5.74, 6) is 0.675. The molecule has 1 amide bonds. The molecule has 127 valence electrons. The molecule has 1 N–H and O–H groups in total. The van der Waals surface area contributed by atoms with E-state index < -0.39 is 0 Å². The van der Waals surface area contributed by atoms with E-state index in [1.165, 1.54) is 5.56 Å². The number of benzene rings is 1. The molecule has 1 atom stereocenters. The molecule has 0 aliphatic heterocycles. The van der Waals surface area contributed by atoms with E-state index in [1.807, 2.05) is 32.9 Å². The van der Waals surface area contributed by atoms with Gasteiger partial charge in [-0.05, 0) is 68.4 Å². The van der Waals surface area contributed by atoms with Crippen molar-refractivity contribution in [3.8, 4) is 5.75 Å². The fraction of sp³-hybridized carbons (Fsp3) is 0.600. The molecule has 0 spiro atoms. The van der Waals surface area contributed by atoms with Gasteiger partial charge in [-0.25, -0.2) is 4.79 Å². The lowest BCUT2D eigenvalue weighted by atomic mass is 9.64. The van der Waals surface area contributed by atoms with Crippen LogP contribution in [-0.4, -0.2) is 12.6 Å². The molecule has 1 saturated carbocycles. The summed E-state index contributed by atoms with van der Waals surface area (Å²) in [6.07, 6.45) is 5.29. The Labute approximate surface area is 140 Å². The number of nitrogens with one attached hydrogen (secondary N) is 1. The lowest BCUT2D eigenvalue weighted by Crippen LogP contribution is -2.42. The third kappa shape index (κ3) is 4.73. The summed E-state index contributed by atoms with van der Waals surface area (Å²) in [7, 11) is 0. The van der Waals surface area contributed by atoms with Crippen LogP contribution < -0.4 is 10.1 Å². The monoisotopic (exact) mass is 316 g/mol. The zero-order chi connectivity index (χ0) is 17.3. The Morgan fingerprint density at radius 1 is 1.13 bits per heavy atom. The van der Waals surface area contributed by atoms with Gasteiger partial charge in [-0.1, -0.05) is 38.5 Å². The average molecular weight is 316 g/mol. The van der Waals surface area contributed by atoms with Crippen LogP contribution in [-0.2, 0) is 0 Å². The molecule has 0 aromatic heterocycles. The van der Waals surface area contributed by atoms with Crippen LogP contribution >= 0.6 is 0 Å². The highest BCUT2D eigenvalue weighted by Crippen LogP contribution is 2.45. The third-order valence-electron chi connectivity index (χ3n) is 4.70. The predicted octanol–water partition coefficient (Wildman–Crippen LogP) is 5.12. The Hall–Kier alpha value is -1.51. The Balaban J connectivity index is 1.96. The normalized spacial score (nSPS) is 23.4. The summed E-state index contributed by atoms with van der Waals surface area (Å²) < 4.78 is 5.56. The van der Waals surface area contributed by atoms with E-state index in [2.05, 4.69) is 32.5 Å². The van der Waals surface area contributed by atoms with Crippen LogP contribution in [0.1, 0.15) is 56.7 Å². The highest BCUT2D eigenvalue weighted by molar-refractivity contribution is 5.71. The van der Waals surface area contributed by atoms with E-state index in [0.29, 0.717) is 17.7 Å². The molecule has 1 fully saturated rings. The number of carbonyl (C=O) groups excluding carboxylic acids is 1. The van der Waals surface area contributed by atoms with E-state index in [9.17, 15) is 4.79 Å². The SMILES string of the molecule is Cc1cc(C)c(OC(=O)NCC2(C)C[CH]CC(C)(C)C2)c(C)c1. The molecular weight excluding hydrogens is 286 g/mol. The summed E-state index contributed by atoms with van der Waals surface area (Å²) in [5, 5.41) is 2.97. The van der Waals surface area contributed by atoms with Crippen molar-refractivity contribution in [1.82, 2.24) is 5.32 Å². The van der Waals surface area contributed by atoms with Crippen molar-refractivity contribution in [2.24, 2.45) is 10.8 Å². The van der Waals surface area contributed by atoms with Crippen LogP contribution in [0.3, 0.4) is 0 Å². The number of ether oxygens (including phenoxy) is 1. The van der Waals surface area contributed by atoms with Gasteiger partial charge in [0.15, 0.2) is 0 Å². The number of aryl methyl sites for hydroxylation is 3. The van der Waals surface area contributed by atoms with Gasteiger partial charge in [-0.2, -0.15) is 0 Å². The molecule has 1 aromatic carbocycles. The van der Waals surface area contributed by atoms with Crippen LogP contribution in [0.5, 0.6) is 5.75 Å². The maximum Gasteiger partial charge on any atom is 0.412 e. The minimum Gasteiger partial charge on any atom is -0.410 e. The predicted molar refractivity (Wildman–Crippen MR) is 94.7 cm³/mol. The summed E-state index contributed by atoms with van der Waals surface area (Å²) in [6.45, 7) is 13.5. The van der Waals surface area contributed by atoms with E-state index in [1.54, 1.807) is 0 Å². The molecule has 1 aliphatic carbocycles. The minimum atomic E-state index is -0.357. The highest BCUT2D eigenvalue weighted by atomic mass is 16.6. The van der Waals surface area contributed by atoms with Crippen molar-refractivity contribution in [2.45, 2.75) is 60.8 Å². The smallest absolute Gasteiger partial charge is 0.410 e. The van der Waals surface area contributed by atoms with E-state index in [-0.39, 0.29) is 11.5 Å². The number of carbonyl (C=O) groups is 1. The van der Waals surface area contributed by atoms with Gasteiger partial charge in [-0.15, -0.1) is 0 Å². The number of hydrogen-bond donors (Lipinski definition) is 1. The standard InChI is InChI=1S/C20H30NO2/c1-14-10-15(2)17(16(3)11-14)23-18(22)21-13-20(6)9-7-8-19(4,5)12-20/h7,10-11H,8-9,12-13H2,1-6H3,(H,21,22). The lowest BCUT2D eigenvalue weighted by molar-refractivity contribution is 0.126. The average Bonchev–Trinajstić information content (AvgIpc) is 2.39. The quantitative estimate of drug-likeness (QED) is 0.840. The lowest BCUT2D eigenvalue weighted by Gasteiger charge is -2.42. The van der Waals surface area contributed by atoms with E-state index in [0.717, 1.165) is 30.4 Å². The van der Waals surface area contributed by atoms with Crippen molar-refractivity contribution in [3.05, 3.63) is 35.2 Å². The molecule has 0 heterocycles. The van der Waals surface area contributed by atoms with Crippen molar-refractivity contribution in [1.29, 1.82) is 0 Å². The second-order valence-electron chi connectivity index (χ2n) is 8.32. The van der Waals surface area contributed by atoms with Crippen molar-refractivity contribution in [2.75, 3.05) is 6.54 Å². The van der Waals surface area contributed by atoms with E-state index in [4.69, 9.17) is 4.74 Å².